The first-order valence-corrected chi connectivity index (χ1v) is 8.52. The lowest BCUT2D eigenvalue weighted by atomic mass is 10.0. The number of hydrogen-bond donors (Lipinski definition) is 1. The Bertz CT molecular complexity index is 633. The lowest BCUT2D eigenvalue weighted by Gasteiger charge is -2.15. The molecule has 5 heteroatoms. The van der Waals surface area contributed by atoms with Gasteiger partial charge in [-0.05, 0) is 32.2 Å². The number of unbranched alkanes of at least 4 members (excludes halogenated alkanes) is 1. The van der Waals surface area contributed by atoms with Crippen molar-refractivity contribution >= 4 is 11.0 Å². The zero-order valence-electron chi connectivity index (χ0n) is 14.8. The van der Waals surface area contributed by atoms with Crippen LogP contribution in [0.1, 0.15) is 51.3 Å². The van der Waals surface area contributed by atoms with Crippen LogP contribution in [0.2, 0.25) is 0 Å². The van der Waals surface area contributed by atoms with Crippen LogP contribution in [-0.4, -0.2) is 30.3 Å². The van der Waals surface area contributed by atoms with Crippen molar-refractivity contribution in [2.75, 3.05) is 20.8 Å². The lowest BCUT2D eigenvalue weighted by Crippen LogP contribution is -2.10. The monoisotopic (exact) mass is 319 g/mol. The molecule has 0 saturated heterocycles. The highest BCUT2D eigenvalue weighted by molar-refractivity contribution is 5.80. The lowest BCUT2D eigenvalue weighted by molar-refractivity contribution is 0.355. The van der Waals surface area contributed by atoms with Gasteiger partial charge in [0, 0.05) is 24.6 Å². The molecule has 23 heavy (non-hydrogen) atoms. The Labute approximate surface area is 138 Å². The van der Waals surface area contributed by atoms with E-state index in [1.54, 1.807) is 14.2 Å². The number of rotatable bonds is 9. The summed E-state index contributed by atoms with van der Waals surface area (Å²) in [7, 11) is 3.32. The molecule has 1 heterocycles. The van der Waals surface area contributed by atoms with Gasteiger partial charge in [0.05, 0.1) is 25.3 Å². The Kier molecular flexibility index (Phi) is 6.28. The van der Waals surface area contributed by atoms with Crippen molar-refractivity contribution in [2.24, 2.45) is 5.73 Å². The van der Waals surface area contributed by atoms with Gasteiger partial charge >= 0.3 is 0 Å². The van der Waals surface area contributed by atoms with Crippen LogP contribution in [-0.2, 0) is 6.54 Å². The van der Waals surface area contributed by atoms with Gasteiger partial charge in [-0.25, -0.2) is 4.98 Å². The third-order valence-electron chi connectivity index (χ3n) is 4.47. The highest BCUT2D eigenvalue weighted by Crippen LogP contribution is 2.35. The molecule has 0 aliphatic rings. The minimum Gasteiger partial charge on any atom is -0.493 e. The highest BCUT2D eigenvalue weighted by Gasteiger charge is 2.19. The molecule has 5 nitrogen and oxygen atoms in total. The second-order valence-corrected chi connectivity index (χ2v) is 5.83. The fraction of sp³-hybridized carbons (Fsp3) is 0.611. The molecular weight excluding hydrogens is 290 g/mol. The third kappa shape index (κ3) is 3.61. The first-order valence-electron chi connectivity index (χ1n) is 8.52. The van der Waals surface area contributed by atoms with Gasteiger partial charge in [0.2, 0.25) is 0 Å². The molecule has 0 radical (unpaired) electrons. The molecule has 1 aromatic carbocycles. The van der Waals surface area contributed by atoms with Crippen molar-refractivity contribution in [3.05, 3.63) is 18.0 Å². The Morgan fingerprint density at radius 2 is 1.74 bits per heavy atom. The summed E-state index contributed by atoms with van der Waals surface area (Å²) >= 11 is 0. The summed E-state index contributed by atoms with van der Waals surface area (Å²) in [5.41, 5.74) is 7.74. The number of nitrogens with zero attached hydrogens (tertiary/aromatic N) is 2. The number of methoxy groups -OCH3 is 2. The standard InChI is InChI=1S/C18H29N3O2/c1-5-13(6-2)18-20-14-11-16(22-3)17(23-4)12-15(14)21(18)10-8-7-9-19/h11-13H,5-10,19H2,1-4H3. The van der Waals surface area contributed by atoms with E-state index >= 15 is 0 Å². The summed E-state index contributed by atoms with van der Waals surface area (Å²) in [5, 5.41) is 0. The number of nitrogens with two attached hydrogens (primary N) is 1. The topological polar surface area (TPSA) is 62.3 Å². The van der Waals surface area contributed by atoms with Gasteiger partial charge in [-0.1, -0.05) is 13.8 Å². The predicted octanol–water partition coefficient (Wildman–Crippen LogP) is 3.70. The van der Waals surface area contributed by atoms with E-state index in [4.69, 9.17) is 20.2 Å². The molecule has 0 aliphatic heterocycles. The number of ether oxygens (including phenoxy) is 2. The molecule has 0 atom stereocenters. The fourth-order valence-electron chi connectivity index (χ4n) is 3.09. The van der Waals surface area contributed by atoms with Crippen molar-refractivity contribution < 1.29 is 9.47 Å². The summed E-state index contributed by atoms with van der Waals surface area (Å²) in [6.07, 6.45) is 4.26. The zero-order chi connectivity index (χ0) is 16.8. The van der Waals surface area contributed by atoms with Crippen molar-refractivity contribution in [3.8, 4) is 11.5 Å². The molecule has 2 rings (SSSR count). The largest absolute Gasteiger partial charge is 0.493 e. The molecule has 0 amide bonds. The number of aryl methyl sites for hydroxylation is 1. The first-order chi connectivity index (χ1) is 11.2. The maximum atomic E-state index is 5.65. The van der Waals surface area contributed by atoms with Crippen LogP contribution < -0.4 is 15.2 Å². The van der Waals surface area contributed by atoms with Crippen LogP contribution >= 0.6 is 0 Å². The number of imidazole rings is 1. The van der Waals surface area contributed by atoms with Crippen molar-refractivity contribution in [3.63, 3.8) is 0 Å². The summed E-state index contributed by atoms with van der Waals surface area (Å²) in [4.78, 5) is 4.91. The van der Waals surface area contributed by atoms with E-state index in [-0.39, 0.29) is 0 Å². The van der Waals surface area contributed by atoms with Crippen molar-refractivity contribution in [1.82, 2.24) is 9.55 Å². The summed E-state index contributed by atoms with van der Waals surface area (Å²) in [6.45, 7) is 6.11. The van der Waals surface area contributed by atoms with E-state index in [1.165, 1.54) is 0 Å². The minimum absolute atomic E-state index is 0.470. The number of aromatic nitrogens is 2. The molecule has 2 aromatic rings. The normalized spacial score (nSPS) is 11.4. The van der Waals surface area contributed by atoms with E-state index < -0.39 is 0 Å². The number of benzene rings is 1. The third-order valence-corrected chi connectivity index (χ3v) is 4.47. The van der Waals surface area contributed by atoms with E-state index in [1.807, 2.05) is 12.1 Å². The van der Waals surface area contributed by atoms with E-state index in [0.29, 0.717) is 5.92 Å². The smallest absolute Gasteiger partial charge is 0.163 e. The van der Waals surface area contributed by atoms with Crippen LogP contribution in [0.4, 0.5) is 0 Å². The van der Waals surface area contributed by atoms with Gasteiger partial charge in [-0.3, -0.25) is 0 Å². The molecule has 0 unspecified atom stereocenters. The molecule has 0 spiro atoms. The maximum Gasteiger partial charge on any atom is 0.163 e. The van der Waals surface area contributed by atoms with Crippen LogP contribution in [0.15, 0.2) is 12.1 Å². The molecule has 0 fully saturated rings. The van der Waals surface area contributed by atoms with Crippen molar-refractivity contribution in [2.45, 2.75) is 52.0 Å². The van der Waals surface area contributed by atoms with Gasteiger partial charge in [0.25, 0.3) is 0 Å². The van der Waals surface area contributed by atoms with E-state index in [0.717, 1.165) is 67.1 Å². The van der Waals surface area contributed by atoms with Crippen LogP contribution in [0.3, 0.4) is 0 Å². The average Bonchev–Trinajstić information content (AvgIpc) is 2.92. The Morgan fingerprint density at radius 1 is 1.09 bits per heavy atom. The number of hydrogen-bond acceptors (Lipinski definition) is 4. The molecular formula is C18H29N3O2. The van der Waals surface area contributed by atoms with E-state index in [2.05, 4.69) is 18.4 Å². The molecule has 1 aromatic heterocycles. The number of fused-ring (bicyclic) bond motifs is 1. The average molecular weight is 319 g/mol. The Hall–Kier alpha value is -1.75. The zero-order valence-corrected chi connectivity index (χ0v) is 14.8. The summed E-state index contributed by atoms with van der Waals surface area (Å²) in [5.74, 6) is 3.10. The van der Waals surface area contributed by atoms with E-state index in [9.17, 15) is 0 Å². The minimum atomic E-state index is 0.470. The maximum absolute atomic E-state index is 5.65. The van der Waals surface area contributed by atoms with Crippen LogP contribution in [0.25, 0.3) is 11.0 Å². The molecule has 0 bridgehead atoms. The predicted molar refractivity (Wildman–Crippen MR) is 94.4 cm³/mol. The molecule has 0 saturated carbocycles. The van der Waals surface area contributed by atoms with Gasteiger partial charge in [-0.15, -0.1) is 0 Å². The Morgan fingerprint density at radius 3 is 2.30 bits per heavy atom. The summed E-state index contributed by atoms with van der Waals surface area (Å²) < 4.78 is 13.2. The second-order valence-electron chi connectivity index (χ2n) is 5.83. The molecule has 0 aliphatic carbocycles. The Balaban J connectivity index is 2.56. The molecule has 2 N–H and O–H groups in total. The van der Waals surface area contributed by atoms with Crippen molar-refractivity contribution in [1.29, 1.82) is 0 Å². The first kappa shape index (κ1) is 17.6. The SMILES string of the molecule is CCC(CC)c1nc2cc(OC)c(OC)cc2n1CCCCN. The van der Waals surface area contributed by atoms with Gasteiger partial charge in [0.1, 0.15) is 5.82 Å². The summed E-state index contributed by atoms with van der Waals surface area (Å²) in [6, 6.07) is 4.01. The van der Waals surface area contributed by atoms with Gasteiger partial charge in [-0.2, -0.15) is 0 Å². The molecule has 128 valence electrons. The van der Waals surface area contributed by atoms with Gasteiger partial charge < -0.3 is 19.8 Å². The van der Waals surface area contributed by atoms with Crippen LogP contribution in [0, 0.1) is 0 Å². The second kappa shape index (κ2) is 8.20. The van der Waals surface area contributed by atoms with Crippen LogP contribution in [0.5, 0.6) is 11.5 Å². The quantitative estimate of drug-likeness (QED) is 0.716. The fourth-order valence-corrected chi connectivity index (χ4v) is 3.09. The van der Waals surface area contributed by atoms with Gasteiger partial charge in [0.15, 0.2) is 11.5 Å². The highest BCUT2D eigenvalue weighted by atomic mass is 16.5.